The predicted molar refractivity (Wildman–Crippen MR) is 137 cm³/mol. The van der Waals surface area contributed by atoms with Gasteiger partial charge in [-0.05, 0) is 72.4 Å². The monoisotopic (exact) mass is 528 g/mol. The lowest BCUT2D eigenvalue weighted by Crippen LogP contribution is -2.22. The van der Waals surface area contributed by atoms with Crippen molar-refractivity contribution in [2.75, 3.05) is 11.4 Å². The Kier molecular flexibility index (Phi) is 6.36. The third kappa shape index (κ3) is 4.52. The van der Waals surface area contributed by atoms with Crippen LogP contribution in [0, 0.1) is 5.82 Å². The number of rotatable bonds is 7. The molecule has 186 valence electrons. The van der Waals surface area contributed by atoms with Gasteiger partial charge in [-0.1, -0.05) is 17.7 Å². The van der Waals surface area contributed by atoms with Gasteiger partial charge in [0.1, 0.15) is 22.9 Å². The fourth-order valence-electron chi connectivity index (χ4n) is 4.30. The lowest BCUT2D eigenvalue weighted by molar-refractivity contribution is 0.0964. The molecule has 1 heterocycles. The summed E-state index contributed by atoms with van der Waals surface area (Å²) in [6, 6.07) is 13.6. The number of anilines is 1. The number of nitrogens with zero attached hydrogens (tertiary/aromatic N) is 1. The summed E-state index contributed by atoms with van der Waals surface area (Å²) in [5, 5.41) is 13.0. The second-order valence-corrected chi connectivity index (χ2v) is 10.0. The Bertz CT molecular complexity index is 1550. The average molecular weight is 529 g/mol. The highest BCUT2D eigenvalue weighted by molar-refractivity contribution is 7.74. The van der Waals surface area contributed by atoms with Crippen molar-refractivity contribution in [1.29, 1.82) is 0 Å². The summed E-state index contributed by atoms with van der Waals surface area (Å²) in [5.74, 6) is -0.463. The Labute approximate surface area is 213 Å². The van der Waals surface area contributed by atoms with E-state index < -0.39 is 16.7 Å². The molecular weight excluding hydrogens is 507 g/mol. The Balaban J connectivity index is 1.69. The van der Waals surface area contributed by atoms with Crippen LogP contribution in [0.1, 0.15) is 40.2 Å². The lowest BCUT2D eigenvalue weighted by Gasteiger charge is -2.21. The van der Waals surface area contributed by atoms with Crippen LogP contribution < -0.4 is 9.62 Å². The summed E-state index contributed by atoms with van der Waals surface area (Å²) in [5.41, 5.74) is 2.99. The molecule has 0 saturated heterocycles. The number of hydrogen-bond donors (Lipinski definition) is 3. The average Bonchev–Trinajstić information content (AvgIpc) is 3.64. The third-order valence-electron chi connectivity index (χ3n) is 6.23. The summed E-state index contributed by atoms with van der Waals surface area (Å²) in [4.78, 5) is 12.9. The molecule has 0 atom stereocenters. The third-order valence-corrected chi connectivity index (χ3v) is 7.29. The maximum absolute atomic E-state index is 13.5. The van der Waals surface area contributed by atoms with Gasteiger partial charge in [-0.3, -0.25) is 9.10 Å². The number of amides is 1. The van der Waals surface area contributed by atoms with E-state index in [0.29, 0.717) is 33.3 Å². The Morgan fingerprint density at radius 2 is 1.89 bits per heavy atom. The topological polar surface area (TPSA) is 99.8 Å². The van der Waals surface area contributed by atoms with Crippen LogP contribution in [0.15, 0.2) is 59.0 Å². The molecule has 5 rings (SSSR count). The fourth-order valence-corrected chi connectivity index (χ4v) is 5.13. The van der Waals surface area contributed by atoms with E-state index in [9.17, 15) is 22.7 Å². The van der Waals surface area contributed by atoms with Gasteiger partial charge in [0.2, 0.25) is 10.9 Å². The van der Waals surface area contributed by atoms with Gasteiger partial charge in [0.25, 0.3) is 5.91 Å². The minimum atomic E-state index is -3.05. The number of fused-ring (bicyclic) bond motifs is 1. The maximum Gasteiger partial charge on any atom is 0.255 e. The van der Waals surface area contributed by atoms with E-state index in [0.717, 1.165) is 18.4 Å². The van der Waals surface area contributed by atoms with Crippen LogP contribution in [-0.4, -0.2) is 26.5 Å². The van der Waals surface area contributed by atoms with Crippen molar-refractivity contribution < 1.29 is 27.1 Å². The second-order valence-electron chi connectivity index (χ2n) is 8.65. The molecule has 4 aromatic rings. The van der Waals surface area contributed by atoms with Crippen molar-refractivity contribution in [2.24, 2.45) is 0 Å². The first-order valence-electron chi connectivity index (χ1n) is 11.2. The number of phenolic OH excluding ortho intramolecular Hbond substituents is 1. The van der Waals surface area contributed by atoms with Gasteiger partial charge in [0, 0.05) is 24.1 Å². The van der Waals surface area contributed by atoms with Crippen molar-refractivity contribution in [3.63, 3.8) is 0 Å². The number of furan rings is 1. The number of nitrogens with one attached hydrogen (secondary N) is 1. The minimum Gasteiger partial charge on any atom is -0.506 e. The molecule has 0 aliphatic heterocycles. The zero-order valence-corrected chi connectivity index (χ0v) is 20.8. The Morgan fingerprint density at radius 1 is 1.17 bits per heavy atom. The van der Waals surface area contributed by atoms with E-state index in [-0.39, 0.29) is 34.9 Å². The van der Waals surface area contributed by atoms with Crippen LogP contribution in [0.4, 0.5) is 10.1 Å². The molecule has 3 aromatic carbocycles. The van der Waals surface area contributed by atoms with E-state index >= 15 is 0 Å². The molecule has 7 nitrogen and oxygen atoms in total. The number of phenols is 1. The number of halogens is 2. The minimum absolute atomic E-state index is 0.00222. The van der Waals surface area contributed by atoms with Crippen molar-refractivity contribution in [1.82, 2.24) is 5.32 Å². The molecule has 1 amide bonds. The molecule has 2 N–H and O–H groups in total. The quantitative estimate of drug-likeness (QED) is 0.280. The highest BCUT2D eigenvalue weighted by Crippen LogP contribution is 2.48. The standard InChI is InChI=1S/C26H22ClFN2O5S/c1-29-26(32)24-19-11-18(15-3-4-15)21(12-23(19)35-25(24)16-5-7-17(28)8-6-16)30(36(33)34)13-14-2-9-22(31)20(27)10-14/h2,5-12,15,31,36H,3-4,13H2,1H3,(H,29,32). The van der Waals surface area contributed by atoms with E-state index in [1.807, 2.05) is 6.07 Å². The summed E-state index contributed by atoms with van der Waals surface area (Å²) < 4.78 is 45.7. The lowest BCUT2D eigenvalue weighted by atomic mass is 10.00. The number of hydrogen-bond acceptors (Lipinski definition) is 5. The van der Waals surface area contributed by atoms with Gasteiger partial charge in [-0.25, -0.2) is 12.8 Å². The molecule has 1 aromatic heterocycles. The largest absolute Gasteiger partial charge is 0.506 e. The molecule has 0 radical (unpaired) electrons. The van der Waals surface area contributed by atoms with Gasteiger partial charge >= 0.3 is 0 Å². The highest BCUT2D eigenvalue weighted by atomic mass is 35.5. The van der Waals surface area contributed by atoms with Gasteiger partial charge in [0.15, 0.2) is 0 Å². The molecule has 0 bridgehead atoms. The van der Waals surface area contributed by atoms with Gasteiger partial charge in [-0.15, -0.1) is 0 Å². The van der Waals surface area contributed by atoms with Gasteiger partial charge < -0.3 is 14.8 Å². The molecule has 36 heavy (non-hydrogen) atoms. The number of benzene rings is 3. The first-order chi connectivity index (χ1) is 17.3. The van der Waals surface area contributed by atoms with Crippen molar-refractivity contribution in [2.45, 2.75) is 25.3 Å². The van der Waals surface area contributed by atoms with Crippen LogP contribution in [-0.2, 0) is 17.4 Å². The van der Waals surface area contributed by atoms with Crippen molar-refractivity contribution in [3.8, 4) is 17.1 Å². The van der Waals surface area contributed by atoms with E-state index in [1.165, 1.54) is 47.8 Å². The number of thiol groups is 1. The first-order valence-corrected chi connectivity index (χ1v) is 12.8. The number of carbonyl (C=O) groups excluding carboxylic acids is 1. The molecule has 1 saturated carbocycles. The Hall–Kier alpha value is -3.56. The molecule has 0 unspecified atom stereocenters. The summed E-state index contributed by atoms with van der Waals surface area (Å²) >= 11 is 6.03. The fraction of sp³-hybridized carbons (Fsp3) is 0.192. The van der Waals surface area contributed by atoms with Crippen LogP contribution in [0.2, 0.25) is 5.02 Å². The summed E-state index contributed by atoms with van der Waals surface area (Å²) in [6.45, 7) is -0.00222. The molecule has 1 aliphatic rings. The summed E-state index contributed by atoms with van der Waals surface area (Å²) in [6.07, 6.45) is 1.79. The summed E-state index contributed by atoms with van der Waals surface area (Å²) in [7, 11) is -1.54. The van der Waals surface area contributed by atoms with E-state index in [4.69, 9.17) is 16.0 Å². The predicted octanol–water partition coefficient (Wildman–Crippen LogP) is 5.37. The van der Waals surface area contributed by atoms with E-state index in [1.54, 1.807) is 12.1 Å². The molecule has 1 fully saturated rings. The van der Waals surface area contributed by atoms with Gasteiger partial charge in [0.05, 0.1) is 22.8 Å². The van der Waals surface area contributed by atoms with E-state index in [2.05, 4.69) is 5.32 Å². The first kappa shape index (κ1) is 24.1. The molecule has 1 aliphatic carbocycles. The molecule has 10 heteroatoms. The van der Waals surface area contributed by atoms with Crippen LogP contribution in [0.25, 0.3) is 22.3 Å². The number of carbonyl (C=O) groups is 1. The van der Waals surface area contributed by atoms with Crippen molar-refractivity contribution >= 4 is 45.1 Å². The van der Waals surface area contributed by atoms with Gasteiger partial charge in [-0.2, -0.15) is 0 Å². The maximum atomic E-state index is 13.5. The van der Waals surface area contributed by atoms with Crippen molar-refractivity contribution in [3.05, 3.63) is 82.1 Å². The molecular formula is C26H22ClFN2O5S. The zero-order chi connectivity index (χ0) is 25.6. The number of aromatic hydroxyl groups is 1. The van der Waals surface area contributed by atoms with Crippen LogP contribution >= 0.6 is 11.6 Å². The highest BCUT2D eigenvalue weighted by Gasteiger charge is 2.32. The normalized spacial score (nSPS) is 13.3. The Morgan fingerprint density at radius 3 is 2.50 bits per heavy atom. The molecule has 0 spiro atoms. The van der Waals surface area contributed by atoms with Crippen LogP contribution in [0.3, 0.4) is 0 Å². The SMILES string of the molecule is CNC(=O)c1c(-c2ccc(F)cc2)oc2cc(N(Cc3ccc(O)c(Cl)c3)[SH](=O)=O)c(C3CC3)cc12. The zero-order valence-electron chi connectivity index (χ0n) is 19.1. The van der Waals surface area contributed by atoms with Crippen LogP contribution in [0.5, 0.6) is 5.75 Å². The smallest absolute Gasteiger partial charge is 0.255 e. The second kappa shape index (κ2) is 9.48.